The molecule has 1 amide bonds. The molecule has 1 aromatic rings. The molecule has 1 aliphatic rings. The molecular weight excluding hydrogens is 344 g/mol. The quantitative estimate of drug-likeness (QED) is 0.672. The third-order valence-corrected chi connectivity index (χ3v) is 5.30. The average molecular weight is 368 g/mol. The summed E-state index contributed by atoms with van der Waals surface area (Å²) in [6, 6.07) is 6.86. The Morgan fingerprint density at radius 1 is 1.12 bits per heavy atom. The van der Waals surface area contributed by atoms with Gasteiger partial charge in [-0.05, 0) is 37.8 Å². The van der Waals surface area contributed by atoms with E-state index >= 15 is 0 Å². The van der Waals surface area contributed by atoms with Gasteiger partial charge in [0.05, 0.1) is 4.90 Å². The maximum Gasteiger partial charge on any atom is 0.325 e. The molecule has 8 heteroatoms. The van der Waals surface area contributed by atoms with Crippen LogP contribution in [0.25, 0.3) is 0 Å². The summed E-state index contributed by atoms with van der Waals surface area (Å²) in [7, 11) is -3.87. The second kappa shape index (κ2) is 7.97. The normalized spacial score (nSPS) is 17.0. The van der Waals surface area contributed by atoms with E-state index in [1.54, 1.807) is 32.0 Å². The fourth-order valence-electron chi connectivity index (χ4n) is 2.14. The number of hydrogen-bond acceptors (Lipinski definition) is 5. The first-order chi connectivity index (χ1) is 11.7. The SMILES string of the molecule is CC(C)[C@H](NS(=O)(=O)c1ccccc1)C(=O)O[C@H](C)C(=O)NC1CC1. The van der Waals surface area contributed by atoms with Crippen molar-refractivity contribution in [2.24, 2.45) is 5.92 Å². The number of amides is 1. The molecule has 2 rings (SSSR count). The van der Waals surface area contributed by atoms with Crippen LogP contribution < -0.4 is 10.0 Å². The summed E-state index contributed by atoms with van der Waals surface area (Å²) in [6.45, 7) is 4.88. The Labute approximate surface area is 148 Å². The molecule has 0 aliphatic heterocycles. The van der Waals surface area contributed by atoms with Gasteiger partial charge in [0.1, 0.15) is 6.04 Å². The van der Waals surface area contributed by atoms with E-state index in [1.165, 1.54) is 19.1 Å². The molecule has 2 N–H and O–H groups in total. The summed E-state index contributed by atoms with van der Waals surface area (Å²) in [4.78, 5) is 24.3. The summed E-state index contributed by atoms with van der Waals surface area (Å²) >= 11 is 0. The number of sulfonamides is 1. The fourth-order valence-corrected chi connectivity index (χ4v) is 3.49. The van der Waals surface area contributed by atoms with Crippen LogP contribution in [0.5, 0.6) is 0 Å². The van der Waals surface area contributed by atoms with Gasteiger partial charge in [-0.1, -0.05) is 32.0 Å². The molecule has 0 bridgehead atoms. The number of hydrogen-bond donors (Lipinski definition) is 2. The number of benzene rings is 1. The number of carbonyl (C=O) groups excluding carboxylic acids is 2. The van der Waals surface area contributed by atoms with Crippen LogP contribution in [0.15, 0.2) is 35.2 Å². The Morgan fingerprint density at radius 3 is 2.24 bits per heavy atom. The summed E-state index contributed by atoms with van der Waals surface area (Å²) in [5.41, 5.74) is 0. The molecule has 0 unspecified atom stereocenters. The second-order valence-electron chi connectivity index (χ2n) is 6.52. The first-order valence-electron chi connectivity index (χ1n) is 8.29. The van der Waals surface area contributed by atoms with Crippen molar-refractivity contribution < 1.29 is 22.7 Å². The van der Waals surface area contributed by atoms with E-state index in [0.29, 0.717) is 0 Å². The zero-order valence-corrected chi connectivity index (χ0v) is 15.4. The highest BCUT2D eigenvalue weighted by molar-refractivity contribution is 7.89. The number of carbonyl (C=O) groups is 2. The van der Waals surface area contributed by atoms with Gasteiger partial charge in [0.15, 0.2) is 6.10 Å². The lowest BCUT2D eigenvalue weighted by molar-refractivity contribution is -0.157. The highest BCUT2D eigenvalue weighted by Crippen LogP contribution is 2.19. The van der Waals surface area contributed by atoms with Crippen LogP contribution in [0, 0.1) is 5.92 Å². The van der Waals surface area contributed by atoms with E-state index in [4.69, 9.17) is 4.74 Å². The molecule has 1 fully saturated rings. The van der Waals surface area contributed by atoms with Crippen LogP contribution in [0.4, 0.5) is 0 Å². The highest BCUT2D eigenvalue weighted by atomic mass is 32.2. The van der Waals surface area contributed by atoms with Gasteiger partial charge in [0.2, 0.25) is 10.0 Å². The van der Waals surface area contributed by atoms with Gasteiger partial charge >= 0.3 is 5.97 Å². The standard InChI is InChI=1S/C17H24N2O5S/c1-11(2)15(19-25(22,23)14-7-5-4-6-8-14)17(21)24-12(3)16(20)18-13-9-10-13/h4-8,11-13,15,19H,9-10H2,1-3H3,(H,18,20)/t12-,15+/m1/s1. The van der Waals surface area contributed by atoms with Crippen LogP contribution in [-0.4, -0.2) is 38.5 Å². The van der Waals surface area contributed by atoms with Gasteiger partial charge in [0, 0.05) is 6.04 Å². The van der Waals surface area contributed by atoms with Crippen molar-refractivity contribution in [1.82, 2.24) is 10.0 Å². The maximum atomic E-state index is 12.4. The van der Waals surface area contributed by atoms with Crippen LogP contribution in [0.1, 0.15) is 33.6 Å². The summed E-state index contributed by atoms with van der Waals surface area (Å²) in [5, 5.41) is 2.75. The monoisotopic (exact) mass is 368 g/mol. The molecule has 0 radical (unpaired) electrons. The molecule has 0 heterocycles. The second-order valence-corrected chi connectivity index (χ2v) is 8.23. The third kappa shape index (κ3) is 5.54. The zero-order valence-electron chi connectivity index (χ0n) is 14.6. The van der Waals surface area contributed by atoms with Gasteiger partial charge < -0.3 is 10.1 Å². The van der Waals surface area contributed by atoms with Crippen molar-refractivity contribution in [1.29, 1.82) is 0 Å². The average Bonchev–Trinajstić information content (AvgIpc) is 3.37. The van der Waals surface area contributed by atoms with Crippen molar-refractivity contribution in [2.45, 2.75) is 56.7 Å². The van der Waals surface area contributed by atoms with E-state index in [9.17, 15) is 18.0 Å². The van der Waals surface area contributed by atoms with E-state index in [1.807, 2.05) is 0 Å². The van der Waals surface area contributed by atoms with Gasteiger partial charge in [-0.3, -0.25) is 9.59 Å². The number of esters is 1. The lowest BCUT2D eigenvalue weighted by Gasteiger charge is -2.22. The maximum absolute atomic E-state index is 12.4. The van der Waals surface area contributed by atoms with Crippen LogP contribution in [-0.2, 0) is 24.3 Å². The minimum atomic E-state index is -3.87. The fraction of sp³-hybridized carbons (Fsp3) is 0.529. The van der Waals surface area contributed by atoms with Gasteiger partial charge in [0.25, 0.3) is 5.91 Å². The Bertz CT molecular complexity index is 714. The topological polar surface area (TPSA) is 102 Å². The van der Waals surface area contributed by atoms with Gasteiger partial charge in [-0.2, -0.15) is 4.72 Å². The van der Waals surface area contributed by atoms with E-state index in [-0.39, 0.29) is 22.8 Å². The van der Waals surface area contributed by atoms with E-state index in [0.717, 1.165) is 12.8 Å². The van der Waals surface area contributed by atoms with Crippen LogP contribution in [0.2, 0.25) is 0 Å². The van der Waals surface area contributed by atoms with Crippen molar-refractivity contribution in [2.75, 3.05) is 0 Å². The third-order valence-electron chi connectivity index (χ3n) is 3.84. The smallest absolute Gasteiger partial charge is 0.325 e. The van der Waals surface area contributed by atoms with Crippen molar-refractivity contribution in [3.63, 3.8) is 0 Å². The van der Waals surface area contributed by atoms with Gasteiger partial charge in [-0.15, -0.1) is 0 Å². The molecule has 1 aromatic carbocycles. The van der Waals surface area contributed by atoms with E-state index < -0.39 is 28.1 Å². The summed E-state index contributed by atoms with van der Waals surface area (Å²) in [6.07, 6.45) is 0.881. The van der Waals surface area contributed by atoms with Crippen LogP contribution in [0.3, 0.4) is 0 Å². The molecule has 0 saturated heterocycles. The minimum absolute atomic E-state index is 0.0629. The molecule has 1 aliphatic carbocycles. The summed E-state index contributed by atoms with van der Waals surface area (Å²) < 4.78 is 32.4. The minimum Gasteiger partial charge on any atom is -0.451 e. The Morgan fingerprint density at radius 2 is 1.72 bits per heavy atom. The highest BCUT2D eigenvalue weighted by Gasteiger charge is 2.33. The van der Waals surface area contributed by atoms with Crippen molar-refractivity contribution in [3.8, 4) is 0 Å². The molecule has 7 nitrogen and oxygen atoms in total. The Hall–Kier alpha value is -1.93. The lowest BCUT2D eigenvalue weighted by Crippen LogP contribution is -2.47. The van der Waals surface area contributed by atoms with Crippen molar-refractivity contribution in [3.05, 3.63) is 30.3 Å². The molecule has 2 atom stereocenters. The van der Waals surface area contributed by atoms with Crippen LogP contribution >= 0.6 is 0 Å². The van der Waals surface area contributed by atoms with Crippen molar-refractivity contribution >= 4 is 21.9 Å². The first kappa shape index (κ1) is 19.4. The number of rotatable bonds is 8. The Balaban J connectivity index is 2.03. The van der Waals surface area contributed by atoms with Gasteiger partial charge in [-0.25, -0.2) is 8.42 Å². The number of ether oxygens (including phenoxy) is 1. The molecule has 138 valence electrons. The number of nitrogens with one attached hydrogen (secondary N) is 2. The summed E-state index contributed by atoms with van der Waals surface area (Å²) in [5.74, 6) is -1.48. The molecule has 25 heavy (non-hydrogen) atoms. The molecule has 0 aromatic heterocycles. The first-order valence-corrected chi connectivity index (χ1v) is 9.77. The lowest BCUT2D eigenvalue weighted by atomic mass is 10.1. The van der Waals surface area contributed by atoms with E-state index in [2.05, 4.69) is 10.0 Å². The predicted octanol–water partition coefficient (Wildman–Crippen LogP) is 1.20. The zero-order chi connectivity index (χ0) is 18.6. The predicted molar refractivity (Wildman–Crippen MR) is 92.1 cm³/mol. The molecular formula is C17H24N2O5S. The largest absolute Gasteiger partial charge is 0.451 e. The molecule has 1 saturated carbocycles. The molecule has 0 spiro atoms. The Kier molecular flexibility index (Phi) is 6.18.